The summed E-state index contributed by atoms with van der Waals surface area (Å²) in [4.78, 5) is 6.79. The van der Waals surface area contributed by atoms with Gasteiger partial charge >= 0.3 is 0 Å². The highest BCUT2D eigenvalue weighted by Gasteiger charge is 2.33. The Morgan fingerprint density at radius 1 is 0.893 bits per heavy atom. The lowest BCUT2D eigenvalue weighted by atomic mass is 10.2. The molecule has 0 saturated carbocycles. The predicted molar refractivity (Wildman–Crippen MR) is 106 cm³/mol. The number of aromatic nitrogens is 2. The van der Waals surface area contributed by atoms with Crippen molar-refractivity contribution in [2.75, 3.05) is 52.5 Å². The van der Waals surface area contributed by atoms with Gasteiger partial charge in [0, 0.05) is 58.2 Å². The van der Waals surface area contributed by atoms with Crippen LogP contribution in [0.15, 0.2) is 42.7 Å². The molecule has 0 bridgehead atoms. The van der Waals surface area contributed by atoms with Crippen LogP contribution in [0.25, 0.3) is 0 Å². The third-order valence-corrected chi connectivity index (χ3v) is 7.35. The van der Waals surface area contributed by atoms with E-state index in [0.717, 1.165) is 18.9 Å². The van der Waals surface area contributed by atoms with Gasteiger partial charge in [0.1, 0.15) is 5.82 Å². The maximum atomic E-state index is 12.8. The number of morpholine rings is 1. The normalized spacial score (nSPS) is 20.4. The lowest BCUT2D eigenvalue weighted by molar-refractivity contribution is 0.0683. The van der Waals surface area contributed by atoms with Gasteiger partial charge in [-0.2, -0.15) is 17.0 Å². The highest BCUT2D eigenvalue weighted by atomic mass is 32.2. The Balaban J connectivity index is 1.33. The summed E-state index contributed by atoms with van der Waals surface area (Å²) >= 11 is 0. The van der Waals surface area contributed by atoms with Gasteiger partial charge in [-0.25, -0.2) is 4.98 Å². The van der Waals surface area contributed by atoms with Gasteiger partial charge < -0.3 is 9.30 Å². The molecule has 0 N–H and O–H groups in total. The van der Waals surface area contributed by atoms with Gasteiger partial charge in [0.2, 0.25) is 0 Å². The fourth-order valence-corrected chi connectivity index (χ4v) is 5.24. The first-order valence-corrected chi connectivity index (χ1v) is 11.1. The van der Waals surface area contributed by atoms with Crippen LogP contribution in [0.1, 0.15) is 11.4 Å². The van der Waals surface area contributed by atoms with Crippen molar-refractivity contribution in [3.63, 3.8) is 0 Å². The van der Waals surface area contributed by atoms with Crippen LogP contribution in [0, 0.1) is 0 Å². The van der Waals surface area contributed by atoms with Crippen LogP contribution in [0.4, 0.5) is 0 Å². The molecule has 2 fully saturated rings. The van der Waals surface area contributed by atoms with E-state index in [1.807, 2.05) is 30.6 Å². The van der Waals surface area contributed by atoms with Crippen LogP contribution in [-0.2, 0) is 28.0 Å². The quantitative estimate of drug-likeness (QED) is 0.705. The highest BCUT2D eigenvalue weighted by molar-refractivity contribution is 7.86. The Morgan fingerprint density at radius 3 is 2.29 bits per heavy atom. The number of benzene rings is 1. The van der Waals surface area contributed by atoms with Crippen molar-refractivity contribution in [1.82, 2.24) is 23.1 Å². The summed E-state index contributed by atoms with van der Waals surface area (Å²) in [6.45, 7) is 5.81. The fourth-order valence-electron chi connectivity index (χ4n) is 3.67. The Kier molecular flexibility index (Phi) is 6.07. The van der Waals surface area contributed by atoms with Gasteiger partial charge in [-0.1, -0.05) is 30.3 Å². The minimum Gasteiger partial charge on any atom is -0.379 e. The number of hydrogen-bond donors (Lipinski definition) is 0. The van der Waals surface area contributed by atoms with E-state index in [0.29, 0.717) is 52.5 Å². The molecule has 2 aromatic rings. The molecule has 1 aromatic heterocycles. The number of ether oxygens (including phenoxy) is 1. The zero-order valence-electron chi connectivity index (χ0n) is 16.0. The van der Waals surface area contributed by atoms with Crippen molar-refractivity contribution in [3.05, 3.63) is 54.1 Å². The molecule has 4 rings (SSSR count). The Hall–Kier alpha value is -1.78. The fraction of sp³-hybridized carbons (Fsp3) is 0.526. The van der Waals surface area contributed by atoms with Crippen molar-refractivity contribution in [3.8, 4) is 0 Å². The summed E-state index contributed by atoms with van der Waals surface area (Å²) in [6.07, 6.45) is 3.83. The van der Waals surface area contributed by atoms with Crippen molar-refractivity contribution >= 4 is 10.2 Å². The molecule has 0 amide bonds. The SMILES string of the molecule is O=S(=O)(N1CCOCC1)N1CCN(Cc2nccn2Cc2ccccc2)CC1. The zero-order valence-corrected chi connectivity index (χ0v) is 16.8. The smallest absolute Gasteiger partial charge is 0.282 e. The van der Waals surface area contributed by atoms with Crippen LogP contribution < -0.4 is 0 Å². The molecule has 152 valence electrons. The van der Waals surface area contributed by atoms with Crippen molar-refractivity contribution < 1.29 is 13.2 Å². The van der Waals surface area contributed by atoms with E-state index in [9.17, 15) is 8.42 Å². The summed E-state index contributed by atoms with van der Waals surface area (Å²) < 4.78 is 36.1. The van der Waals surface area contributed by atoms with Gasteiger partial charge in [0.05, 0.1) is 19.8 Å². The minimum atomic E-state index is -3.38. The molecule has 8 nitrogen and oxygen atoms in total. The lowest BCUT2D eigenvalue weighted by Crippen LogP contribution is -2.54. The molecule has 0 aliphatic carbocycles. The second-order valence-electron chi connectivity index (χ2n) is 7.15. The first kappa shape index (κ1) is 19.5. The van der Waals surface area contributed by atoms with E-state index >= 15 is 0 Å². The summed E-state index contributed by atoms with van der Waals surface area (Å²) in [5, 5.41) is 0. The first-order valence-electron chi connectivity index (χ1n) is 9.72. The molecule has 0 unspecified atom stereocenters. The number of hydrogen-bond acceptors (Lipinski definition) is 5. The summed E-state index contributed by atoms with van der Waals surface area (Å²) in [5.74, 6) is 1.01. The van der Waals surface area contributed by atoms with Gasteiger partial charge in [0.25, 0.3) is 10.2 Å². The molecule has 2 aliphatic rings. The van der Waals surface area contributed by atoms with Crippen LogP contribution in [0.2, 0.25) is 0 Å². The molecule has 9 heteroatoms. The molecule has 0 radical (unpaired) electrons. The van der Waals surface area contributed by atoms with Crippen LogP contribution in [0.5, 0.6) is 0 Å². The third kappa shape index (κ3) is 4.44. The topological polar surface area (TPSA) is 70.9 Å². The molecule has 0 atom stereocenters. The molecular formula is C19H27N5O3S. The number of nitrogens with zero attached hydrogens (tertiary/aromatic N) is 5. The average molecular weight is 406 g/mol. The van der Waals surface area contributed by atoms with Crippen molar-refractivity contribution in [2.24, 2.45) is 0 Å². The number of rotatable bonds is 6. The van der Waals surface area contributed by atoms with E-state index in [1.54, 1.807) is 8.61 Å². The van der Waals surface area contributed by atoms with E-state index in [2.05, 4.69) is 26.6 Å². The van der Waals surface area contributed by atoms with Gasteiger partial charge in [-0.05, 0) is 5.56 Å². The van der Waals surface area contributed by atoms with Crippen molar-refractivity contribution in [1.29, 1.82) is 0 Å². The predicted octanol–water partition coefficient (Wildman–Crippen LogP) is 0.626. The van der Waals surface area contributed by atoms with Crippen LogP contribution >= 0.6 is 0 Å². The number of piperazine rings is 1. The van der Waals surface area contributed by atoms with Crippen LogP contribution in [0.3, 0.4) is 0 Å². The van der Waals surface area contributed by atoms with E-state index < -0.39 is 10.2 Å². The molecule has 0 spiro atoms. The Morgan fingerprint density at radius 2 is 1.57 bits per heavy atom. The Bertz CT molecular complexity index is 857. The largest absolute Gasteiger partial charge is 0.379 e. The lowest BCUT2D eigenvalue weighted by Gasteiger charge is -2.37. The summed E-state index contributed by atoms with van der Waals surface area (Å²) in [5.41, 5.74) is 1.24. The standard InChI is InChI=1S/C19H27N5O3S/c25-28(26,24-12-14-27-15-13-24)23-10-8-21(9-11-23)17-19-20-6-7-22(19)16-18-4-2-1-3-5-18/h1-7H,8-17H2. The molecule has 28 heavy (non-hydrogen) atoms. The maximum Gasteiger partial charge on any atom is 0.282 e. The summed E-state index contributed by atoms with van der Waals surface area (Å²) in [7, 11) is -3.38. The summed E-state index contributed by atoms with van der Waals surface area (Å²) in [6, 6.07) is 10.3. The first-order chi connectivity index (χ1) is 13.6. The van der Waals surface area contributed by atoms with Gasteiger partial charge in [-0.15, -0.1) is 0 Å². The van der Waals surface area contributed by atoms with Gasteiger partial charge in [0.15, 0.2) is 0 Å². The second-order valence-corrected chi connectivity index (χ2v) is 9.08. The average Bonchev–Trinajstić information content (AvgIpc) is 3.16. The second kappa shape index (κ2) is 8.71. The molecule has 1 aromatic carbocycles. The Labute approximate surface area is 166 Å². The molecular weight excluding hydrogens is 378 g/mol. The van der Waals surface area contributed by atoms with E-state index in [-0.39, 0.29) is 0 Å². The third-order valence-electron chi connectivity index (χ3n) is 5.32. The van der Waals surface area contributed by atoms with E-state index in [1.165, 1.54) is 5.56 Å². The highest BCUT2D eigenvalue weighted by Crippen LogP contribution is 2.15. The van der Waals surface area contributed by atoms with Crippen molar-refractivity contribution in [2.45, 2.75) is 13.1 Å². The molecule has 3 heterocycles. The molecule has 2 aliphatic heterocycles. The van der Waals surface area contributed by atoms with Gasteiger partial charge in [-0.3, -0.25) is 4.90 Å². The molecule has 2 saturated heterocycles. The van der Waals surface area contributed by atoms with Crippen LogP contribution in [-0.4, -0.2) is 84.0 Å². The number of imidazole rings is 1. The maximum absolute atomic E-state index is 12.8. The zero-order chi connectivity index (χ0) is 19.4. The monoisotopic (exact) mass is 405 g/mol. The van der Waals surface area contributed by atoms with E-state index in [4.69, 9.17) is 4.74 Å². The minimum absolute atomic E-state index is 0.444.